The molecule has 1 aromatic carbocycles. The van der Waals surface area contributed by atoms with Crippen molar-refractivity contribution in [3.8, 4) is 0 Å². The molecular weight excluding hydrogens is 226 g/mol. The van der Waals surface area contributed by atoms with Crippen LogP contribution in [0.25, 0.3) is 10.8 Å². The fourth-order valence-corrected chi connectivity index (χ4v) is 2.09. The number of aliphatic hydroxyl groups excluding tert-OH is 1. The normalized spacial score (nSPS) is 14.6. The highest BCUT2D eigenvalue weighted by Gasteiger charge is 2.12. The summed E-state index contributed by atoms with van der Waals surface area (Å²) in [7, 11) is 1.69. The maximum absolute atomic E-state index is 10.3. The Kier molecular flexibility index (Phi) is 4.28. The number of benzene rings is 1. The van der Waals surface area contributed by atoms with Crippen LogP contribution in [0.3, 0.4) is 0 Å². The second-order valence-electron chi connectivity index (χ2n) is 4.58. The van der Waals surface area contributed by atoms with Crippen molar-refractivity contribution in [2.75, 3.05) is 7.11 Å². The van der Waals surface area contributed by atoms with Crippen molar-refractivity contribution < 1.29 is 9.84 Å². The zero-order valence-electron chi connectivity index (χ0n) is 10.8. The molecule has 2 atom stereocenters. The van der Waals surface area contributed by atoms with E-state index in [-0.39, 0.29) is 6.10 Å². The number of pyridine rings is 1. The first-order valence-electron chi connectivity index (χ1n) is 6.26. The predicted octanol–water partition coefficient (Wildman–Crippen LogP) is 3.08. The van der Waals surface area contributed by atoms with Crippen LogP contribution in [0.1, 0.15) is 31.4 Å². The SMILES string of the molecule is COC(C)CCC(O)c1cccc2ccncc12. The van der Waals surface area contributed by atoms with Gasteiger partial charge in [0.1, 0.15) is 0 Å². The van der Waals surface area contributed by atoms with Gasteiger partial charge < -0.3 is 9.84 Å². The van der Waals surface area contributed by atoms with E-state index in [0.29, 0.717) is 6.42 Å². The average molecular weight is 245 g/mol. The molecule has 1 heterocycles. The molecule has 2 rings (SSSR count). The molecule has 1 N–H and O–H groups in total. The van der Waals surface area contributed by atoms with E-state index in [1.807, 2.05) is 37.4 Å². The van der Waals surface area contributed by atoms with Gasteiger partial charge in [-0.2, -0.15) is 0 Å². The van der Waals surface area contributed by atoms with Gasteiger partial charge in [-0.1, -0.05) is 18.2 Å². The van der Waals surface area contributed by atoms with E-state index in [9.17, 15) is 5.11 Å². The van der Waals surface area contributed by atoms with Crippen LogP contribution in [-0.2, 0) is 4.74 Å². The van der Waals surface area contributed by atoms with Crippen molar-refractivity contribution in [2.24, 2.45) is 0 Å². The Morgan fingerprint density at radius 1 is 1.28 bits per heavy atom. The largest absolute Gasteiger partial charge is 0.388 e. The molecular formula is C15H19NO2. The number of rotatable bonds is 5. The Labute approximate surface area is 107 Å². The van der Waals surface area contributed by atoms with Crippen molar-refractivity contribution in [1.82, 2.24) is 4.98 Å². The maximum Gasteiger partial charge on any atom is 0.0797 e. The van der Waals surface area contributed by atoms with Crippen molar-refractivity contribution in [2.45, 2.75) is 32.0 Å². The molecule has 0 spiro atoms. The number of hydrogen-bond acceptors (Lipinski definition) is 3. The van der Waals surface area contributed by atoms with E-state index >= 15 is 0 Å². The van der Waals surface area contributed by atoms with Crippen LogP contribution in [-0.4, -0.2) is 23.3 Å². The van der Waals surface area contributed by atoms with Crippen LogP contribution in [0.4, 0.5) is 0 Å². The number of ether oxygens (including phenoxy) is 1. The highest BCUT2D eigenvalue weighted by atomic mass is 16.5. The first kappa shape index (κ1) is 13.0. The third-order valence-corrected chi connectivity index (χ3v) is 3.33. The molecule has 2 aromatic rings. The molecule has 0 aliphatic carbocycles. The maximum atomic E-state index is 10.3. The Morgan fingerprint density at radius 3 is 2.89 bits per heavy atom. The quantitative estimate of drug-likeness (QED) is 0.880. The molecule has 0 aliphatic heterocycles. The molecule has 3 nitrogen and oxygen atoms in total. The minimum Gasteiger partial charge on any atom is -0.388 e. The summed E-state index contributed by atoms with van der Waals surface area (Å²) in [5.41, 5.74) is 0.948. The minimum atomic E-state index is -0.463. The molecule has 0 radical (unpaired) electrons. The lowest BCUT2D eigenvalue weighted by molar-refractivity contribution is 0.0855. The highest BCUT2D eigenvalue weighted by molar-refractivity contribution is 5.85. The van der Waals surface area contributed by atoms with Gasteiger partial charge in [0.2, 0.25) is 0 Å². The van der Waals surface area contributed by atoms with Gasteiger partial charge in [-0.3, -0.25) is 4.98 Å². The van der Waals surface area contributed by atoms with Crippen LogP contribution in [0, 0.1) is 0 Å². The van der Waals surface area contributed by atoms with E-state index in [0.717, 1.165) is 22.8 Å². The molecule has 96 valence electrons. The van der Waals surface area contributed by atoms with Gasteiger partial charge >= 0.3 is 0 Å². The molecule has 0 fully saturated rings. The topological polar surface area (TPSA) is 42.4 Å². The molecule has 0 saturated carbocycles. The Bertz CT molecular complexity index is 507. The standard InChI is InChI=1S/C15H19NO2/c1-11(18-2)6-7-15(17)13-5-3-4-12-8-9-16-10-14(12)13/h3-5,8-11,15,17H,6-7H2,1-2H3. The smallest absolute Gasteiger partial charge is 0.0797 e. The third kappa shape index (κ3) is 2.86. The number of aromatic nitrogens is 1. The zero-order chi connectivity index (χ0) is 13.0. The number of hydrogen-bond donors (Lipinski definition) is 1. The molecule has 18 heavy (non-hydrogen) atoms. The summed E-state index contributed by atoms with van der Waals surface area (Å²) < 4.78 is 5.20. The summed E-state index contributed by atoms with van der Waals surface area (Å²) in [5, 5.41) is 12.4. The second kappa shape index (κ2) is 5.94. The monoisotopic (exact) mass is 245 g/mol. The zero-order valence-corrected chi connectivity index (χ0v) is 10.8. The molecule has 0 aliphatic rings. The van der Waals surface area contributed by atoms with Crippen molar-refractivity contribution in [3.05, 3.63) is 42.2 Å². The fourth-order valence-electron chi connectivity index (χ4n) is 2.09. The summed E-state index contributed by atoms with van der Waals surface area (Å²) in [5.74, 6) is 0. The second-order valence-corrected chi connectivity index (χ2v) is 4.58. The first-order valence-corrected chi connectivity index (χ1v) is 6.26. The van der Waals surface area contributed by atoms with Crippen LogP contribution >= 0.6 is 0 Å². The Morgan fingerprint density at radius 2 is 2.11 bits per heavy atom. The lowest BCUT2D eigenvalue weighted by Gasteiger charge is -2.15. The van der Waals surface area contributed by atoms with Crippen LogP contribution in [0.5, 0.6) is 0 Å². The van der Waals surface area contributed by atoms with Gasteiger partial charge in [-0.15, -0.1) is 0 Å². The number of aliphatic hydroxyl groups is 1. The van der Waals surface area contributed by atoms with E-state index < -0.39 is 6.10 Å². The van der Waals surface area contributed by atoms with E-state index in [2.05, 4.69) is 4.98 Å². The lowest BCUT2D eigenvalue weighted by atomic mass is 9.98. The number of nitrogens with zero attached hydrogens (tertiary/aromatic N) is 1. The Hall–Kier alpha value is -1.45. The summed E-state index contributed by atoms with van der Waals surface area (Å²) >= 11 is 0. The molecule has 2 unspecified atom stereocenters. The predicted molar refractivity (Wildman–Crippen MR) is 72.4 cm³/mol. The highest BCUT2D eigenvalue weighted by Crippen LogP contribution is 2.26. The fraction of sp³-hybridized carbons (Fsp3) is 0.400. The van der Waals surface area contributed by atoms with E-state index in [1.165, 1.54) is 0 Å². The summed E-state index contributed by atoms with van der Waals surface area (Å²) in [4.78, 5) is 4.13. The van der Waals surface area contributed by atoms with Gasteiger partial charge in [0.05, 0.1) is 12.2 Å². The molecule has 0 saturated heterocycles. The third-order valence-electron chi connectivity index (χ3n) is 3.33. The molecule has 0 bridgehead atoms. The van der Waals surface area contributed by atoms with Gasteiger partial charge in [-0.25, -0.2) is 0 Å². The van der Waals surface area contributed by atoms with Crippen LogP contribution in [0.15, 0.2) is 36.7 Å². The van der Waals surface area contributed by atoms with Crippen LogP contribution in [0.2, 0.25) is 0 Å². The molecule has 3 heteroatoms. The van der Waals surface area contributed by atoms with Gasteiger partial charge in [0.25, 0.3) is 0 Å². The van der Waals surface area contributed by atoms with Crippen molar-refractivity contribution in [3.63, 3.8) is 0 Å². The Balaban J connectivity index is 2.19. The first-order chi connectivity index (χ1) is 8.72. The number of fused-ring (bicyclic) bond motifs is 1. The minimum absolute atomic E-state index is 0.174. The van der Waals surface area contributed by atoms with Crippen molar-refractivity contribution in [1.29, 1.82) is 0 Å². The van der Waals surface area contributed by atoms with E-state index in [1.54, 1.807) is 13.3 Å². The van der Waals surface area contributed by atoms with Crippen LogP contribution < -0.4 is 0 Å². The van der Waals surface area contributed by atoms with Gasteiger partial charge in [0.15, 0.2) is 0 Å². The summed E-state index contributed by atoms with van der Waals surface area (Å²) in [6, 6.07) is 7.93. The van der Waals surface area contributed by atoms with Gasteiger partial charge in [-0.05, 0) is 36.8 Å². The number of methoxy groups -OCH3 is 1. The summed E-state index contributed by atoms with van der Waals surface area (Å²) in [6.07, 6.45) is 4.83. The molecule has 1 aromatic heterocycles. The summed E-state index contributed by atoms with van der Waals surface area (Å²) in [6.45, 7) is 2.01. The van der Waals surface area contributed by atoms with Crippen molar-refractivity contribution >= 4 is 10.8 Å². The lowest BCUT2D eigenvalue weighted by Crippen LogP contribution is -2.08. The van der Waals surface area contributed by atoms with Gasteiger partial charge in [0, 0.05) is 24.9 Å². The average Bonchev–Trinajstić information content (AvgIpc) is 2.43. The van der Waals surface area contributed by atoms with E-state index in [4.69, 9.17) is 4.74 Å². The molecule has 0 amide bonds.